The standard InChI is InChI=1S/C13H12N4O2/c1-9-10(16-12(18)5-7-14)3-2-4-11(9)17-13(19)6-8-15/h2-4H,5-6H2,1H3,(H,16,18)(H,17,19). The summed E-state index contributed by atoms with van der Waals surface area (Å²) >= 11 is 0. The van der Waals surface area contributed by atoms with Gasteiger partial charge in [0.15, 0.2) is 0 Å². The Morgan fingerprint density at radius 1 is 1.05 bits per heavy atom. The van der Waals surface area contributed by atoms with Gasteiger partial charge in [0.2, 0.25) is 11.8 Å². The molecule has 0 heterocycles. The summed E-state index contributed by atoms with van der Waals surface area (Å²) in [5, 5.41) is 22.0. The number of nitriles is 2. The van der Waals surface area contributed by atoms with Crippen molar-refractivity contribution in [1.82, 2.24) is 0 Å². The van der Waals surface area contributed by atoms with Crippen LogP contribution < -0.4 is 10.6 Å². The Balaban J connectivity index is 2.87. The predicted molar refractivity (Wildman–Crippen MR) is 68.9 cm³/mol. The molecule has 2 amide bonds. The van der Waals surface area contributed by atoms with Crippen LogP contribution in [0.25, 0.3) is 0 Å². The molecule has 1 aromatic rings. The topological polar surface area (TPSA) is 106 Å². The monoisotopic (exact) mass is 256 g/mol. The molecule has 1 aromatic carbocycles. The van der Waals surface area contributed by atoms with Crippen molar-refractivity contribution in [1.29, 1.82) is 10.5 Å². The molecular formula is C13H12N4O2. The normalized spacial score (nSPS) is 9.00. The Morgan fingerprint density at radius 2 is 1.47 bits per heavy atom. The minimum atomic E-state index is -0.411. The molecule has 6 heteroatoms. The molecule has 0 aliphatic carbocycles. The van der Waals surface area contributed by atoms with Crippen LogP contribution in [-0.2, 0) is 9.59 Å². The lowest BCUT2D eigenvalue weighted by Gasteiger charge is -2.12. The summed E-state index contributed by atoms with van der Waals surface area (Å²) in [4.78, 5) is 22.7. The lowest BCUT2D eigenvalue weighted by atomic mass is 10.1. The number of amides is 2. The van der Waals surface area contributed by atoms with Crippen LogP contribution in [0.1, 0.15) is 18.4 Å². The Labute approximate surface area is 110 Å². The lowest BCUT2D eigenvalue weighted by molar-refractivity contribution is -0.116. The molecule has 0 aliphatic heterocycles. The van der Waals surface area contributed by atoms with E-state index in [9.17, 15) is 9.59 Å². The maximum absolute atomic E-state index is 11.3. The zero-order valence-corrected chi connectivity index (χ0v) is 10.4. The Kier molecular flexibility index (Phi) is 5.06. The number of nitrogens with one attached hydrogen (secondary N) is 2. The lowest BCUT2D eigenvalue weighted by Crippen LogP contribution is -2.14. The molecule has 1 rings (SSSR count). The zero-order chi connectivity index (χ0) is 14.3. The van der Waals surface area contributed by atoms with Crippen molar-refractivity contribution < 1.29 is 9.59 Å². The average molecular weight is 256 g/mol. The van der Waals surface area contributed by atoms with Gasteiger partial charge in [-0.25, -0.2) is 0 Å². The number of carbonyl (C=O) groups is 2. The summed E-state index contributed by atoms with van der Waals surface area (Å²) in [6.07, 6.45) is -0.463. The van der Waals surface area contributed by atoms with Crippen molar-refractivity contribution in [2.24, 2.45) is 0 Å². The highest BCUT2D eigenvalue weighted by atomic mass is 16.2. The number of benzene rings is 1. The van der Waals surface area contributed by atoms with Crippen LogP contribution in [0.15, 0.2) is 18.2 Å². The third kappa shape index (κ3) is 4.14. The maximum atomic E-state index is 11.3. The SMILES string of the molecule is Cc1c(NC(=O)CC#N)cccc1NC(=O)CC#N. The second-order valence-corrected chi connectivity index (χ2v) is 3.74. The van der Waals surface area contributed by atoms with Crippen LogP contribution in [0.5, 0.6) is 0 Å². The first-order valence-corrected chi connectivity index (χ1v) is 5.51. The van der Waals surface area contributed by atoms with Crippen LogP contribution in [0.2, 0.25) is 0 Å². The fourth-order valence-corrected chi connectivity index (χ4v) is 1.44. The van der Waals surface area contributed by atoms with Crippen LogP contribution in [0.3, 0.4) is 0 Å². The van der Waals surface area contributed by atoms with E-state index in [1.54, 1.807) is 37.3 Å². The van der Waals surface area contributed by atoms with Gasteiger partial charge in [-0.1, -0.05) is 6.07 Å². The molecule has 2 N–H and O–H groups in total. The van der Waals surface area contributed by atoms with Crippen LogP contribution in [0, 0.1) is 29.6 Å². The summed E-state index contributed by atoms with van der Waals surface area (Å²) in [5.41, 5.74) is 1.71. The van der Waals surface area contributed by atoms with Gasteiger partial charge in [0.05, 0.1) is 12.1 Å². The highest BCUT2D eigenvalue weighted by Crippen LogP contribution is 2.23. The number of hydrogen-bond donors (Lipinski definition) is 2. The van der Waals surface area contributed by atoms with Crippen LogP contribution in [-0.4, -0.2) is 11.8 Å². The van der Waals surface area contributed by atoms with E-state index < -0.39 is 11.8 Å². The second-order valence-electron chi connectivity index (χ2n) is 3.74. The van der Waals surface area contributed by atoms with Crippen molar-refractivity contribution >= 4 is 23.2 Å². The fourth-order valence-electron chi connectivity index (χ4n) is 1.44. The van der Waals surface area contributed by atoms with Gasteiger partial charge < -0.3 is 10.6 Å². The minimum absolute atomic E-state index is 0.232. The first-order valence-electron chi connectivity index (χ1n) is 5.51. The zero-order valence-electron chi connectivity index (χ0n) is 10.4. The molecule has 96 valence electrons. The van der Waals surface area contributed by atoms with Gasteiger partial charge in [-0.3, -0.25) is 9.59 Å². The molecule has 0 radical (unpaired) electrons. The number of nitrogens with zero attached hydrogens (tertiary/aromatic N) is 2. The number of rotatable bonds is 4. The molecule has 6 nitrogen and oxygen atoms in total. The van der Waals surface area contributed by atoms with Crippen molar-refractivity contribution in [3.63, 3.8) is 0 Å². The molecule has 0 spiro atoms. The van der Waals surface area contributed by atoms with Crippen molar-refractivity contribution in [2.45, 2.75) is 19.8 Å². The smallest absolute Gasteiger partial charge is 0.238 e. The first-order chi connectivity index (χ1) is 9.08. The molecule has 0 aromatic heterocycles. The largest absolute Gasteiger partial charge is 0.325 e. The molecule has 0 bridgehead atoms. The van der Waals surface area contributed by atoms with E-state index in [-0.39, 0.29) is 12.8 Å². The number of anilines is 2. The van der Waals surface area contributed by atoms with Crippen LogP contribution in [0.4, 0.5) is 11.4 Å². The maximum Gasteiger partial charge on any atom is 0.238 e. The quantitative estimate of drug-likeness (QED) is 0.854. The van der Waals surface area contributed by atoms with E-state index in [0.717, 1.165) is 0 Å². The summed E-state index contributed by atoms with van der Waals surface area (Å²) in [6, 6.07) is 8.51. The summed E-state index contributed by atoms with van der Waals surface area (Å²) in [6.45, 7) is 1.73. The predicted octanol–water partition coefficient (Wildman–Crippen LogP) is 1.70. The van der Waals surface area contributed by atoms with E-state index in [4.69, 9.17) is 10.5 Å². The number of hydrogen-bond acceptors (Lipinski definition) is 4. The summed E-state index contributed by atoms with van der Waals surface area (Å²) in [5.74, 6) is -0.822. The molecule has 0 atom stereocenters. The van der Waals surface area contributed by atoms with E-state index in [0.29, 0.717) is 16.9 Å². The van der Waals surface area contributed by atoms with E-state index in [1.165, 1.54) is 0 Å². The first kappa shape index (κ1) is 14.2. The Hall–Kier alpha value is -2.86. The third-order valence-electron chi connectivity index (χ3n) is 2.36. The summed E-state index contributed by atoms with van der Waals surface area (Å²) in [7, 11) is 0. The molecule has 0 saturated heterocycles. The van der Waals surface area contributed by atoms with Gasteiger partial charge in [0.1, 0.15) is 12.8 Å². The highest BCUT2D eigenvalue weighted by Gasteiger charge is 2.09. The van der Waals surface area contributed by atoms with Gasteiger partial charge in [-0.2, -0.15) is 10.5 Å². The van der Waals surface area contributed by atoms with Gasteiger partial charge >= 0.3 is 0 Å². The number of carbonyl (C=O) groups excluding carboxylic acids is 2. The van der Waals surface area contributed by atoms with Crippen molar-refractivity contribution in [3.8, 4) is 12.1 Å². The molecule has 0 saturated carbocycles. The minimum Gasteiger partial charge on any atom is -0.325 e. The third-order valence-corrected chi connectivity index (χ3v) is 2.36. The van der Waals surface area contributed by atoms with Gasteiger partial charge in [-0.15, -0.1) is 0 Å². The average Bonchev–Trinajstić information content (AvgIpc) is 2.35. The molecule has 0 fully saturated rings. The van der Waals surface area contributed by atoms with Crippen molar-refractivity contribution in [2.75, 3.05) is 10.6 Å². The van der Waals surface area contributed by atoms with Gasteiger partial charge in [0, 0.05) is 11.4 Å². The molecule has 0 aliphatic rings. The fraction of sp³-hybridized carbons (Fsp3) is 0.231. The van der Waals surface area contributed by atoms with E-state index in [2.05, 4.69) is 10.6 Å². The van der Waals surface area contributed by atoms with E-state index in [1.807, 2.05) is 0 Å². The summed E-state index contributed by atoms with van der Waals surface area (Å²) < 4.78 is 0. The Bertz CT molecular complexity index is 533. The van der Waals surface area contributed by atoms with Gasteiger partial charge in [0.25, 0.3) is 0 Å². The molecular weight excluding hydrogens is 244 g/mol. The molecule has 19 heavy (non-hydrogen) atoms. The van der Waals surface area contributed by atoms with Crippen molar-refractivity contribution in [3.05, 3.63) is 23.8 Å². The van der Waals surface area contributed by atoms with Crippen LogP contribution >= 0.6 is 0 Å². The van der Waals surface area contributed by atoms with E-state index >= 15 is 0 Å². The highest BCUT2D eigenvalue weighted by molar-refractivity contribution is 5.96. The van der Waals surface area contributed by atoms with Gasteiger partial charge in [-0.05, 0) is 24.6 Å². The Morgan fingerprint density at radius 3 is 1.84 bits per heavy atom. The molecule has 0 unspecified atom stereocenters. The second kappa shape index (κ2) is 6.77.